The lowest BCUT2D eigenvalue weighted by atomic mass is 10.2. The first-order chi connectivity index (χ1) is 12.9. The topological polar surface area (TPSA) is 79.6 Å². The highest BCUT2D eigenvalue weighted by molar-refractivity contribution is 7.20. The van der Waals surface area contributed by atoms with Crippen molar-refractivity contribution in [2.45, 2.75) is 26.7 Å². The van der Waals surface area contributed by atoms with E-state index in [0.717, 1.165) is 24.1 Å². The van der Waals surface area contributed by atoms with E-state index in [1.54, 1.807) is 24.1 Å². The van der Waals surface area contributed by atoms with E-state index in [9.17, 15) is 9.59 Å². The van der Waals surface area contributed by atoms with E-state index >= 15 is 0 Å². The van der Waals surface area contributed by atoms with Gasteiger partial charge >= 0.3 is 0 Å². The number of fused-ring (bicyclic) bond motifs is 1. The standard InChI is InChI=1S/C18H20ClN5O2S/c1-4-5-13-9-16(26)24-17(20-13)27-18(22-24)23(3)10-15(25)21-14-8-12(19)7-6-11(14)2/h6-9H,4-5,10H2,1-3H3,(H,21,25). The van der Waals surface area contributed by atoms with Gasteiger partial charge in [0.1, 0.15) is 0 Å². The number of aryl methyl sites for hydroxylation is 2. The minimum Gasteiger partial charge on any atom is -0.340 e. The molecule has 7 nitrogen and oxygen atoms in total. The first kappa shape index (κ1) is 19.3. The van der Waals surface area contributed by atoms with Crippen molar-refractivity contribution in [3.05, 3.63) is 50.9 Å². The number of anilines is 2. The number of halogens is 1. The first-order valence-corrected chi connectivity index (χ1v) is 9.73. The summed E-state index contributed by atoms with van der Waals surface area (Å²) in [6, 6.07) is 6.85. The molecule has 2 aromatic heterocycles. The van der Waals surface area contributed by atoms with Gasteiger partial charge in [-0.15, -0.1) is 5.10 Å². The molecule has 2 heterocycles. The van der Waals surface area contributed by atoms with Crippen LogP contribution in [0.2, 0.25) is 5.02 Å². The SMILES string of the molecule is CCCc1cc(=O)n2nc(N(C)CC(=O)Nc3cc(Cl)ccc3C)sc2n1. The molecule has 0 saturated carbocycles. The minimum atomic E-state index is -0.210. The van der Waals surface area contributed by atoms with Crippen LogP contribution in [0, 0.1) is 6.92 Å². The largest absolute Gasteiger partial charge is 0.340 e. The second kappa shape index (κ2) is 8.06. The van der Waals surface area contributed by atoms with Crippen LogP contribution in [0.5, 0.6) is 0 Å². The fourth-order valence-electron chi connectivity index (χ4n) is 2.59. The lowest BCUT2D eigenvalue weighted by Crippen LogP contribution is -2.30. The Bertz CT molecular complexity index is 1050. The predicted octanol–water partition coefficient (Wildman–Crippen LogP) is 3.14. The number of likely N-dealkylation sites (N-methyl/N-ethyl adjacent to an activating group) is 1. The van der Waals surface area contributed by atoms with Crippen molar-refractivity contribution >= 4 is 44.6 Å². The molecule has 9 heteroatoms. The Morgan fingerprint density at radius 1 is 1.37 bits per heavy atom. The second-order valence-electron chi connectivity index (χ2n) is 6.28. The van der Waals surface area contributed by atoms with Crippen LogP contribution in [0.1, 0.15) is 24.6 Å². The number of amides is 1. The second-order valence-corrected chi connectivity index (χ2v) is 7.65. The average Bonchev–Trinajstić information content (AvgIpc) is 3.03. The maximum atomic E-state index is 12.4. The highest BCUT2D eigenvalue weighted by Crippen LogP contribution is 2.22. The zero-order valence-electron chi connectivity index (χ0n) is 15.3. The number of nitrogens with one attached hydrogen (secondary N) is 1. The molecule has 0 fully saturated rings. The number of carbonyl (C=O) groups excluding carboxylic acids is 1. The summed E-state index contributed by atoms with van der Waals surface area (Å²) in [5.74, 6) is -0.200. The van der Waals surface area contributed by atoms with Crippen LogP contribution >= 0.6 is 22.9 Å². The summed E-state index contributed by atoms with van der Waals surface area (Å²) < 4.78 is 1.27. The van der Waals surface area contributed by atoms with E-state index in [-0.39, 0.29) is 18.0 Å². The van der Waals surface area contributed by atoms with E-state index < -0.39 is 0 Å². The zero-order valence-corrected chi connectivity index (χ0v) is 16.9. The maximum absolute atomic E-state index is 12.4. The molecule has 0 unspecified atom stereocenters. The van der Waals surface area contributed by atoms with Gasteiger partial charge in [0.2, 0.25) is 16.0 Å². The van der Waals surface area contributed by atoms with Crippen molar-refractivity contribution < 1.29 is 4.79 Å². The molecular formula is C18H20ClN5O2S. The molecule has 142 valence electrons. The number of benzene rings is 1. The lowest BCUT2D eigenvalue weighted by Gasteiger charge is -2.15. The normalized spacial score (nSPS) is 11.0. The van der Waals surface area contributed by atoms with Crippen LogP contribution in [0.3, 0.4) is 0 Å². The lowest BCUT2D eigenvalue weighted by molar-refractivity contribution is -0.114. The van der Waals surface area contributed by atoms with Gasteiger partial charge in [-0.05, 0) is 31.0 Å². The number of aromatic nitrogens is 3. The highest BCUT2D eigenvalue weighted by Gasteiger charge is 2.15. The zero-order chi connectivity index (χ0) is 19.6. The Labute approximate surface area is 165 Å². The average molecular weight is 406 g/mol. The van der Waals surface area contributed by atoms with Gasteiger partial charge in [-0.2, -0.15) is 4.52 Å². The number of rotatable bonds is 6. The molecule has 0 aliphatic heterocycles. The fourth-order valence-corrected chi connectivity index (χ4v) is 3.64. The van der Waals surface area contributed by atoms with Gasteiger partial charge in [-0.25, -0.2) is 4.98 Å². The third-order valence-corrected chi connectivity index (χ3v) is 5.23. The van der Waals surface area contributed by atoms with Gasteiger partial charge in [0.05, 0.1) is 6.54 Å². The van der Waals surface area contributed by atoms with Crippen LogP contribution in [-0.2, 0) is 11.2 Å². The summed E-state index contributed by atoms with van der Waals surface area (Å²) in [5.41, 5.74) is 2.15. The van der Waals surface area contributed by atoms with Crippen LogP contribution in [0.15, 0.2) is 29.1 Å². The molecular weight excluding hydrogens is 386 g/mol. The summed E-state index contributed by atoms with van der Waals surface area (Å²) >= 11 is 7.27. The van der Waals surface area contributed by atoms with E-state index in [1.807, 2.05) is 19.9 Å². The van der Waals surface area contributed by atoms with Crippen molar-refractivity contribution in [2.75, 3.05) is 23.8 Å². The highest BCUT2D eigenvalue weighted by atomic mass is 35.5. The minimum absolute atomic E-state index is 0.0857. The number of hydrogen-bond acceptors (Lipinski definition) is 6. The monoisotopic (exact) mass is 405 g/mol. The van der Waals surface area contributed by atoms with Crippen molar-refractivity contribution in [2.24, 2.45) is 0 Å². The van der Waals surface area contributed by atoms with Crippen LogP contribution < -0.4 is 15.8 Å². The van der Waals surface area contributed by atoms with Gasteiger partial charge in [0, 0.05) is 29.5 Å². The molecule has 0 aliphatic rings. The van der Waals surface area contributed by atoms with E-state index in [1.165, 1.54) is 21.9 Å². The summed E-state index contributed by atoms with van der Waals surface area (Å²) in [7, 11) is 1.75. The molecule has 3 rings (SSSR count). The Hall–Kier alpha value is -2.45. The van der Waals surface area contributed by atoms with Crippen molar-refractivity contribution in [3.8, 4) is 0 Å². The van der Waals surface area contributed by atoms with Crippen molar-refractivity contribution in [3.63, 3.8) is 0 Å². The van der Waals surface area contributed by atoms with Gasteiger partial charge in [0.25, 0.3) is 5.56 Å². The predicted molar refractivity (Wildman–Crippen MR) is 109 cm³/mol. The van der Waals surface area contributed by atoms with Gasteiger partial charge in [-0.1, -0.05) is 42.3 Å². The Morgan fingerprint density at radius 3 is 2.89 bits per heavy atom. The van der Waals surface area contributed by atoms with Gasteiger partial charge in [-0.3, -0.25) is 9.59 Å². The van der Waals surface area contributed by atoms with E-state index in [0.29, 0.717) is 20.8 Å². The smallest absolute Gasteiger partial charge is 0.275 e. The molecule has 3 aromatic rings. The van der Waals surface area contributed by atoms with Crippen LogP contribution in [0.4, 0.5) is 10.8 Å². The molecule has 0 aliphatic carbocycles. The molecule has 0 spiro atoms. The molecule has 0 radical (unpaired) electrons. The molecule has 1 amide bonds. The Kier molecular flexibility index (Phi) is 5.76. The molecule has 1 N–H and O–H groups in total. The summed E-state index contributed by atoms with van der Waals surface area (Å²) in [5, 5.41) is 8.25. The third-order valence-electron chi connectivity index (χ3n) is 3.97. The number of carbonyl (C=O) groups is 1. The number of nitrogens with zero attached hydrogens (tertiary/aromatic N) is 4. The quantitative estimate of drug-likeness (QED) is 0.681. The first-order valence-electron chi connectivity index (χ1n) is 8.54. The fraction of sp³-hybridized carbons (Fsp3) is 0.333. The van der Waals surface area contributed by atoms with E-state index in [2.05, 4.69) is 15.4 Å². The van der Waals surface area contributed by atoms with Crippen molar-refractivity contribution in [1.82, 2.24) is 14.6 Å². The third kappa shape index (κ3) is 4.45. The van der Waals surface area contributed by atoms with Gasteiger partial charge < -0.3 is 10.2 Å². The van der Waals surface area contributed by atoms with Crippen LogP contribution in [-0.4, -0.2) is 34.1 Å². The molecule has 0 saturated heterocycles. The van der Waals surface area contributed by atoms with Gasteiger partial charge in [0.15, 0.2) is 0 Å². The van der Waals surface area contributed by atoms with Crippen LogP contribution in [0.25, 0.3) is 4.96 Å². The maximum Gasteiger partial charge on any atom is 0.275 e. The Morgan fingerprint density at radius 2 is 2.15 bits per heavy atom. The summed E-state index contributed by atoms with van der Waals surface area (Å²) in [6.07, 6.45) is 1.66. The Balaban J connectivity index is 1.76. The molecule has 0 bridgehead atoms. The molecule has 27 heavy (non-hydrogen) atoms. The van der Waals surface area contributed by atoms with E-state index in [4.69, 9.17) is 11.6 Å². The van der Waals surface area contributed by atoms with Crippen molar-refractivity contribution in [1.29, 1.82) is 0 Å². The number of hydrogen-bond donors (Lipinski definition) is 1. The molecule has 0 atom stereocenters. The summed E-state index contributed by atoms with van der Waals surface area (Å²) in [6.45, 7) is 4.02. The summed E-state index contributed by atoms with van der Waals surface area (Å²) in [4.78, 5) is 31.3. The molecule has 1 aromatic carbocycles.